The zero-order chi connectivity index (χ0) is 11.0. The fourth-order valence-electron chi connectivity index (χ4n) is 1.76. The summed E-state index contributed by atoms with van der Waals surface area (Å²) in [5.74, 6) is 0.821. The van der Waals surface area contributed by atoms with Crippen molar-refractivity contribution < 1.29 is 9.90 Å². The second kappa shape index (κ2) is 3.68. The molecule has 82 valence electrons. The number of carbonyl (C=O) groups is 1. The third kappa shape index (κ3) is 2.19. The molecule has 0 unspecified atom stereocenters. The molecule has 0 bridgehead atoms. The summed E-state index contributed by atoms with van der Waals surface area (Å²) in [6, 6.07) is 0.357. The van der Waals surface area contributed by atoms with Gasteiger partial charge >= 0.3 is 5.97 Å². The zero-order valence-electron chi connectivity index (χ0n) is 9.10. The van der Waals surface area contributed by atoms with Crippen molar-refractivity contribution in [2.45, 2.75) is 45.1 Å². The molecule has 15 heavy (non-hydrogen) atoms. The summed E-state index contributed by atoms with van der Waals surface area (Å²) >= 11 is 0. The zero-order valence-corrected chi connectivity index (χ0v) is 9.10. The van der Waals surface area contributed by atoms with Crippen LogP contribution in [0, 0.1) is 0 Å². The van der Waals surface area contributed by atoms with Gasteiger partial charge in [0, 0.05) is 18.2 Å². The molecule has 0 atom stereocenters. The lowest BCUT2D eigenvalue weighted by Crippen LogP contribution is -2.03. The van der Waals surface area contributed by atoms with E-state index in [1.54, 1.807) is 0 Å². The number of carboxylic acids is 1. The molecule has 0 radical (unpaired) electrons. The summed E-state index contributed by atoms with van der Waals surface area (Å²) in [6.45, 7) is 4.19. The van der Waals surface area contributed by atoms with E-state index in [4.69, 9.17) is 5.11 Å². The van der Waals surface area contributed by atoms with Crippen LogP contribution in [0.3, 0.4) is 0 Å². The molecule has 1 aliphatic carbocycles. The van der Waals surface area contributed by atoms with Crippen molar-refractivity contribution in [2.24, 2.45) is 0 Å². The fourth-order valence-corrected chi connectivity index (χ4v) is 1.76. The SMILES string of the molecule is CC(C)n1cc(CC(=O)O)nc1C1CC1. The quantitative estimate of drug-likeness (QED) is 0.823. The maximum atomic E-state index is 10.6. The molecule has 4 nitrogen and oxygen atoms in total. The molecule has 0 saturated heterocycles. The van der Waals surface area contributed by atoms with E-state index >= 15 is 0 Å². The standard InChI is InChI=1S/C11H16N2O2/c1-7(2)13-6-9(5-10(14)15)12-11(13)8-3-4-8/h6-8H,3-5H2,1-2H3,(H,14,15). The first-order chi connectivity index (χ1) is 7.08. The van der Waals surface area contributed by atoms with E-state index in [0.717, 1.165) is 5.82 Å². The average Bonchev–Trinajstić information content (AvgIpc) is 2.87. The number of aromatic nitrogens is 2. The number of hydrogen-bond donors (Lipinski definition) is 1. The Kier molecular flexibility index (Phi) is 2.50. The van der Waals surface area contributed by atoms with E-state index in [2.05, 4.69) is 23.4 Å². The third-order valence-corrected chi connectivity index (χ3v) is 2.64. The Morgan fingerprint density at radius 1 is 1.67 bits per heavy atom. The fraction of sp³-hybridized carbons (Fsp3) is 0.636. The van der Waals surface area contributed by atoms with Gasteiger partial charge in [-0.15, -0.1) is 0 Å². The predicted octanol–water partition coefficient (Wildman–Crippen LogP) is 1.97. The molecular formula is C11H16N2O2. The van der Waals surface area contributed by atoms with Crippen LogP contribution < -0.4 is 0 Å². The first kappa shape index (κ1) is 10.2. The van der Waals surface area contributed by atoms with E-state index in [-0.39, 0.29) is 6.42 Å². The molecule has 1 N–H and O–H groups in total. The van der Waals surface area contributed by atoms with Crippen LogP contribution in [0.2, 0.25) is 0 Å². The largest absolute Gasteiger partial charge is 0.481 e. The van der Waals surface area contributed by atoms with Crippen LogP contribution in [0.4, 0.5) is 0 Å². The summed E-state index contributed by atoms with van der Waals surface area (Å²) in [6.07, 6.45) is 4.29. The molecule has 0 aliphatic heterocycles. The first-order valence-electron chi connectivity index (χ1n) is 5.37. The van der Waals surface area contributed by atoms with Gasteiger partial charge in [0.05, 0.1) is 12.1 Å². The lowest BCUT2D eigenvalue weighted by atomic mass is 10.3. The van der Waals surface area contributed by atoms with E-state index < -0.39 is 5.97 Å². The van der Waals surface area contributed by atoms with Crippen molar-refractivity contribution in [3.8, 4) is 0 Å². The van der Waals surface area contributed by atoms with Crippen LogP contribution in [0.25, 0.3) is 0 Å². The molecule has 0 aromatic carbocycles. The number of aliphatic carboxylic acids is 1. The van der Waals surface area contributed by atoms with E-state index in [1.165, 1.54) is 12.8 Å². The molecule has 4 heteroatoms. The Hall–Kier alpha value is -1.32. The van der Waals surface area contributed by atoms with Gasteiger partial charge in [-0.1, -0.05) is 0 Å². The first-order valence-corrected chi connectivity index (χ1v) is 5.37. The van der Waals surface area contributed by atoms with Gasteiger partial charge in [-0.05, 0) is 26.7 Å². The maximum Gasteiger partial charge on any atom is 0.309 e. The summed E-state index contributed by atoms with van der Waals surface area (Å²) in [4.78, 5) is 15.0. The molecular weight excluding hydrogens is 192 g/mol. The van der Waals surface area contributed by atoms with Crippen LogP contribution in [0.5, 0.6) is 0 Å². The number of hydrogen-bond acceptors (Lipinski definition) is 2. The highest BCUT2D eigenvalue weighted by molar-refractivity contribution is 5.69. The number of carboxylic acid groups (broad SMARTS) is 1. The Morgan fingerprint density at radius 2 is 2.33 bits per heavy atom. The van der Waals surface area contributed by atoms with Gasteiger partial charge in [-0.3, -0.25) is 4.79 Å². The normalized spacial score (nSPS) is 15.9. The molecule has 1 fully saturated rings. The second-order valence-corrected chi connectivity index (χ2v) is 4.44. The van der Waals surface area contributed by atoms with Crippen LogP contribution in [-0.2, 0) is 11.2 Å². The lowest BCUT2D eigenvalue weighted by molar-refractivity contribution is -0.136. The lowest BCUT2D eigenvalue weighted by Gasteiger charge is -2.09. The molecule has 1 aromatic rings. The predicted molar refractivity (Wildman–Crippen MR) is 55.9 cm³/mol. The smallest absolute Gasteiger partial charge is 0.309 e. The van der Waals surface area contributed by atoms with Gasteiger partial charge in [-0.2, -0.15) is 0 Å². The van der Waals surface area contributed by atoms with Crippen molar-refractivity contribution in [2.75, 3.05) is 0 Å². The molecule has 1 saturated carbocycles. The summed E-state index contributed by atoms with van der Waals surface area (Å²) < 4.78 is 2.11. The average molecular weight is 208 g/mol. The van der Waals surface area contributed by atoms with E-state index in [0.29, 0.717) is 17.7 Å². The van der Waals surface area contributed by atoms with Gasteiger partial charge in [0.25, 0.3) is 0 Å². The van der Waals surface area contributed by atoms with Gasteiger partial charge < -0.3 is 9.67 Å². The van der Waals surface area contributed by atoms with Crippen LogP contribution in [-0.4, -0.2) is 20.6 Å². The molecule has 1 heterocycles. The van der Waals surface area contributed by atoms with Crippen molar-refractivity contribution >= 4 is 5.97 Å². The topological polar surface area (TPSA) is 55.1 Å². The highest BCUT2D eigenvalue weighted by Crippen LogP contribution is 2.40. The van der Waals surface area contributed by atoms with Crippen LogP contribution in [0.15, 0.2) is 6.20 Å². The Balaban J connectivity index is 2.26. The molecule has 2 rings (SSSR count). The Morgan fingerprint density at radius 3 is 2.80 bits per heavy atom. The highest BCUT2D eigenvalue weighted by atomic mass is 16.4. The monoisotopic (exact) mass is 208 g/mol. The summed E-state index contributed by atoms with van der Waals surface area (Å²) in [7, 11) is 0. The van der Waals surface area contributed by atoms with Gasteiger partial charge in [-0.25, -0.2) is 4.98 Å². The highest BCUT2D eigenvalue weighted by Gasteiger charge is 2.29. The Bertz CT molecular complexity index is 358. The maximum absolute atomic E-state index is 10.6. The third-order valence-electron chi connectivity index (χ3n) is 2.64. The molecule has 0 spiro atoms. The van der Waals surface area contributed by atoms with E-state index in [1.807, 2.05) is 6.20 Å². The minimum Gasteiger partial charge on any atom is -0.481 e. The molecule has 0 amide bonds. The summed E-state index contributed by atoms with van der Waals surface area (Å²) in [5.41, 5.74) is 0.679. The van der Waals surface area contributed by atoms with Crippen molar-refractivity contribution in [1.29, 1.82) is 0 Å². The van der Waals surface area contributed by atoms with Crippen molar-refractivity contribution in [3.63, 3.8) is 0 Å². The van der Waals surface area contributed by atoms with Crippen molar-refractivity contribution in [3.05, 3.63) is 17.7 Å². The number of rotatable bonds is 4. The van der Waals surface area contributed by atoms with Crippen LogP contribution >= 0.6 is 0 Å². The minimum atomic E-state index is -0.814. The second-order valence-electron chi connectivity index (χ2n) is 4.44. The molecule has 1 aromatic heterocycles. The van der Waals surface area contributed by atoms with Crippen molar-refractivity contribution in [1.82, 2.24) is 9.55 Å². The van der Waals surface area contributed by atoms with Gasteiger partial charge in [0.2, 0.25) is 0 Å². The molecule has 1 aliphatic rings. The number of nitrogens with zero attached hydrogens (tertiary/aromatic N) is 2. The van der Waals surface area contributed by atoms with Gasteiger partial charge in [0.1, 0.15) is 5.82 Å². The minimum absolute atomic E-state index is 0.0272. The number of imidazole rings is 1. The van der Waals surface area contributed by atoms with Crippen LogP contribution in [0.1, 0.15) is 50.2 Å². The Labute approximate surface area is 88.9 Å². The van der Waals surface area contributed by atoms with E-state index in [9.17, 15) is 4.79 Å². The summed E-state index contributed by atoms with van der Waals surface area (Å²) in [5, 5.41) is 8.71. The van der Waals surface area contributed by atoms with Gasteiger partial charge in [0.15, 0.2) is 0 Å².